The summed E-state index contributed by atoms with van der Waals surface area (Å²) in [7, 11) is 0. The van der Waals surface area contributed by atoms with Gasteiger partial charge in [0.15, 0.2) is 0 Å². The van der Waals surface area contributed by atoms with E-state index in [1.54, 1.807) is 12.1 Å². The molecule has 2 aliphatic heterocycles. The number of rotatable bonds is 13. The largest absolute Gasteiger partial charge is 0.506 e. The van der Waals surface area contributed by atoms with Crippen LogP contribution in [0.25, 0.3) is 22.0 Å². The Balaban J connectivity index is 0.815. The van der Waals surface area contributed by atoms with Gasteiger partial charge in [-0.1, -0.05) is 72.8 Å². The van der Waals surface area contributed by atoms with Crippen LogP contribution in [-0.2, 0) is 17.8 Å². The predicted molar refractivity (Wildman–Crippen MR) is 213 cm³/mol. The molecule has 288 valence electrons. The minimum absolute atomic E-state index is 0.0250. The second-order valence-corrected chi connectivity index (χ2v) is 14.8. The van der Waals surface area contributed by atoms with Crippen molar-refractivity contribution in [3.05, 3.63) is 130 Å². The van der Waals surface area contributed by atoms with E-state index in [4.69, 9.17) is 4.74 Å². The molecule has 1 atom stereocenters. The van der Waals surface area contributed by atoms with E-state index in [9.17, 15) is 19.8 Å². The fourth-order valence-corrected chi connectivity index (χ4v) is 7.93. The van der Waals surface area contributed by atoms with Gasteiger partial charge in [0.2, 0.25) is 5.56 Å². The van der Waals surface area contributed by atoms with E-state index in [0.29, 0.717) is 66.1 Å². The van der Waals surface area contributed by atoms with Crippen molar-refractivity contribution < 1.29 is 24.1 Å². The number of carbonyl (C=O) groups is 1. The number of hydrogen-bond donors (Lipinski definition) is 5. The van der Waals surface area contributed by atoms with Crippen LogP contribution < -0.4 is 16.2 Å². The minimum Gasteiger partial charge on any atom is -0.506 e. The number of benzene rings is 4. The quantitative estimate of drug-likeness (QED) is 0.0802. The number of amides is 1. The van der Waals surface area contributed by atoms with Crippen molar-refractivity contribution in [3.63, 3.8) is 0 Å². The van der Waals surface area contributed by atoms with Gasteiger partial charge in [-0.25, -0.2) is 9.18 Å². The molecular weight excluding hydrogens is 698 g/mol. The maximum atomic E-state index is 15.8. The number of halogens is 1. The highest BCUT2D eigenvalue weighted by Gasteiger charge is 2.25. The summed E-state index contributed by atoms with van der Waals surface area (Å²) in [5, 5.41) is 27.9. The van der Waals surface area contributed by atoms with Gasteiger partial charge < -0.3 is 25.3 Å². The zero-order chi connectivity index (χ0) is 38.1. The van der Waals surface area contributed by atoms with Crippen LogP contribution in [0.4, 0.5) is 14.9 Å². The maximum absolute atomic E-state index is 15.8. The molecule has 3 heterocycles. The van der Waals surface area contributed by atoms with Crippen LogP contribution >= 0.6 is 0 Å². The Kier molecular flexibility index (Phi) is 12.5. The Morgan fingerprint density at radius 3 is 2.24 bits per heavy atom. The molecule has 0 radical (unpaired) electrons. The van der Waals surface area contributed by atoms with Gasteiger partial charge >= 0.3 is 6.09 Å². The summed E-state index contributed by atoms with van der Waals surface area (Å²) < 4.78 is 21.6. The molecule has 55 heavy (non-hydrogen) atoms. The Bertz CT molecular complexity index is 2110. The SMILES string of the molecule is O=C(Nc1ccccc1-c1ccccc1)OC1CCN(Cc2cccc(CN3CCC(CCNC[C@@H](O)c4ccc(O)c5[nH]c(=O)ccc45)CC3)c2F)CC1. The molecule has 5 aromatic rings. The fourth-order valence-electron chi connectivity index (χ4n) is 7.93. The number of pyridine rings is 1. The molecule has 1 amide bonds. The monoisotopic (exact) mass is 747 g/mol. The van der Waals surface area contributed by atoms with Crippen molar-refractivity contribution in [3.8, 4) is 16.9 Å². The Morgan fingerprint density at radius 1 is 0.836 bits per heavy atom. The first-order chi connectivity index (χ1) is 26.8. The van der Waals surface area contributed by atoms with Gasteiger partial charge in [-0.2, -0.15) is 0 Å². The zero-order valence-corrected chi connectivity index (χ0v) is 31.1. The molecule has 2 saturated heterocycles. The molecule has 2 aliphatic rings. The number of phenols is 1. The molecule has 0 spiro atoms. The summed E-state index contributed by atoms with van der Waals surface area (Å²) in [4.78, 5) is 31.8. The number of piperidine rings is 2. The number of aliphatic hydroxyl groups is 1. The molecular formula is C44H50FN5O5. The van der Waals surface area contributed by atoms with E-state index in [1.807, 2.05) is 72.8 Å². The van der Waals surface area contributed by atoms with Gasteiger partial charge in [0.05, 0.1) is 17.3 Å². The molecule has 4 aromatic carbocycles. The van der Waals surface area contributed by atoms with Crippen LogP contribution in [-0.4, -0.2) is 76.5 Å². The molecule has 10 nitrogen and oxygen atoms in total. The fraction of sp³-hybridized carbons (Fsp3) is 0.364. The first-order valence-corrected chi connectivity index (χ1v) is 19.4. The minimum atomic E-state index is -0.782. The van der Waals surface area contributed by atoms with Crippen molar-refractivity contribution in [2.45, 2.75) is 57.4 Å². The number of para-hydroxylation sites is 1. The van der Waals surface area contributed by atoms with Crippen LogP contribution in [0.1, 0.15) is 54.9 Å². The number of aromatic hydroxyl groups is 1. The normalized spacial score (nSPS) is 16.6. The predicted octanol–water partition coefficient (Wildman–Crippen LogP) is 7.18. The second-order valence-electron chi connectivity index (χ2n) is 14.8. The van der Waals surface area contributed by atoms with Gasteiger partial charge in [-0.15, -0.1) is 0 Å². The average molecular weight is 748 g/mol. The molecule has 0 saturated carbocycles. The summed E-state index contributed by atoms with van der Waals surface area (Å²) in [5.41, 5.74) is 4.76. The molecule has 1 aromatic heterocycles. The number of fused-ring (bicyclic) bond motifs is 1. The molecule has 7 rings (SSSR count). The van der Waals surface area contributed by atoms with Crippen LogP contribution in [0.2, 0.25) is 0 Å². The number of aromatic nitrogens is 1. The van der Waals surface area contributed by atoms with Gasteiger partial charge in [0.25, 0.3) is 0 Å². The van der Waals surface area contributed by atoms with Crippen molar-refractivity contribution >= 4 is 22.7 Å². The average Bonchev–Trinajstić information content (AvgIpc) is 3.20. The smallest absolute Gasteiger partial charge is 0.411 e. The summed E-state index contributed by atoms with van der Waals surface area (Å²) in [6, 6.07) is 29.5. The van der Waals surface area contributed by atoms with Gasteiger partial charge in [0, 0.05) is 60.9 Å². The number of anilines is 1. The number of ether oxygens (including phenoxy) is 1. The number of aliphatic hydroxyl groups excluding tert-OH is 1. The van der Waals surface area contributed by atoms with Gasteiger partial charge in [-0.05, 0) is 87.0 Å². The van der Waals surface area contributed by atoms with Gasteiger partial charge in [-0.3, -0.25) is 19.9 Å². The lowest BCUT2D eigenvalue weighted by Gasteiger charge is -2.33. The highest BCUT2D eigenvalue weighted by Crippen LogP contribution is 2.30. The van der Waals surface area contributed by atoms with E-state index in [0.717, 1.165) is 68.7 Å². The van der Waals surface area contributed by atoms with Crippen LogP contribution in [0.5, 0.6) is 5.75 Å². The number of likely N-dealkylation sites (tertiary alicyclic amines) is 2. The summed E-state index contributed by atoms with van der Waals surface area (Å²) in [6.45, 7) is 5.50. The van der Waals surface area contributed by atoms with Crippen molar-refractivity contribution in [1.29, 1.82) is 0 Å². The zero-order valence-electron chi connectivity index (χ0n) is 31.1. The lowest BCUT2D eigenvalue weighted by atomic mass is 9.93. The summed E-state index contributed by atoms with van der Waals surface area (Å²) >= 11 is 0. The van der Waals surface area contributed by atoms with Crippen LogP contribution in [0.15, 0.2) is 102 Å². The number of nitrogens with one attached hydrogen (secondary N) is 3. The number of aromatic amines is 1. The Hall–Kier alpha value is -5.07. The van der Waals surface area contributed by atoms with Gasteiger partial charge in [0.1, 0.15) is 17.7 Å². The standard InChI is InChI=1S/C44H50FN5O5/c45-42-32(28-49-23-18-30(19-24-49)17-22-46-27-40(52)36-13-15-39(51)43-37(36)14-16-41(53)48-43)9-6-10-33(42)29-50-25-20-34(21-26-50)55-44(54)47-38-12-5-4-11-35(38)31-7-2-1-3-8-31/h1-16,30,34,40,46,51-52H,17-29H2,(H,47,54)(H,48,53)/t40-/m1/s1. The third kappa shape index (κ3) is 9.79. The van der Waals surface area contributed by atoms with Crippen molar-refractivity contribution in [1.82, 2.24) is 20.1 Å². The second kappa shape index (κ2) is 18.0. The third-order valence-corrected chi connectivity index (χ3v) is 11.0. The van der Waals surface area contributed by atoms with Crippen molar-refractivity contribution in [2.75, 3.05) is 44.6 Å². The first-order valence-electron chi connectivity index (χ1n) is 19.4. The highest BCUT2D eigenvalue weighted by molar-refractivity contribution is 5.91. The Morgan fingerprint density at radius 2 is 1.51 bits per heavy atom. The van der Waals surface area contributed by atoms with E-state index in [1.165, 1.54) is 12.1 Å². The third-order valence-electron chi connectivity index (χ3n) is 11.0. The molecule has 5 N–H and O–H groups in total. The molecule has 0 unspecified atom stereocenters. The van der Waals surface area contributed by atoms with Crippen molar-refractivity contribution in [2.24, 2.45) is 5.92 Å². The molecule has 0 bridgehead atoms. The summed E-state index contributed by atoms with van der Waals surface area (Å²) in [5.74, 6) is 0.401. The Labute approximate surface area is 321 Å². The number of nitrogens with zero attached hydrogens (tertiary/aromatic N) is 2. The lowest BCUT2D eigenvalue weighted by Crippen LogP contribution is -2.38. The number of hydrogen-bond acceptors (Lipinski definition) is 8. The van der Waals surface area contributed by atoms with E-state index in [-0.39, 0.29) is 23.2 Å². The molecule has 11 heteroatoms. The number of phenolic OH excluding ortho intramolecular Hbond substituents is 1. The van der Waals surface area contributed by atoms with E-state index >= 15 is 4.39 Å². The molecule has 2 fully saturated rings. The summed E-state index contributed by atoms with van der Waals surface area (Å²) in [6.07, 6.45) is 3.02. The maximum Gasteiger partial charge on any atom is 0.411 e. The van der Waals surface area contributed by atoms with E-state index in [2.05, 4.69) is 25.4 Å². The van der Waals surface area contributed by atoms with Crippen LogP contribution in [0.3, 0.4) is 0 Å². The lowest BCUT2D eigenvalue weighted by molar-refractivity contribution is 0.0564. The first kappa shape index (κ1) is 38.2. The number of H-pyrrole nitrogens is 1. The van der Waals surface area contributed by atoms with Crippen LogP contribution in [0, 0.1) is 11.7 Å². The topological polar surface area (TPSA) is 130 Å². The van der Waals surface area contributed by atoms with E-state index < -0.39 is 12.2 Å². The highest BCUT2D eigenvalue weighted by atomic mass is 19.1. The number of carbonyl (C=O) groups excluding carboxylic acids is 1. The molecule has 0 aliphatic carbocycles.